The zero-order valence-electron chi connectivity index (χ0n) is 12.8. The van der Waals surface area contributed by atoms with Crippen LogP contribution < -0.4 is 10.6 Å². The minimum absolute atomic E-state index is 0.407. The largest absolute Gasteiger partial charge is 0.403 e. The van der Waals surface area contributed by atoms with Gasteiger partial charge in [-0.15, -0.1) is 5.10 Å². The van der Waals surface area contributed by atoms with Gasteiger partial charge in [-0.05, 0) is 43.7 Å². The van der Waals surface area contributed by atoms with E-state index in [2.05, 4.69) is 41.7 Å². The summed E-state index contributed by atoms with van der Waals surface area (Å²) in [6.07, 6.45) is 3.44. The zero-order chi connectivity index (χ0) is 16.2. The van der Waals surface area contributed by atoms with Crippen molar-refractivity contribution in [3.05, 3.63) is 46.7 Å². The second-order valence-electron chi connectivity index (χ2n) is 4.95. The lowest BCUT2D eigenvalue weighted by Crippen LogP contribution is -1.96. The first kappa shape index (κ1) is 15.5. The van der Waals surface area contributed by atoms with Crippen molar-refractivity contribution in [1.82, 2.24) is 15.2 Å². The number of anilines is 3. The van der Waals surface area contributed by atoms with E-state index < -0.39 is 0 Å². The summed E-state index contributed by atoms with van der Waals surface area (Å²) in [6.45, 7) is 4.74. The van der Waals surface area contributed by atoms with Crippen LogP contribution in [0, 0.1) is 6.92 Å². The molecule has 1 aromatic carbocycles. The molecule has 0 fully saturated rings. The van der Waals surface area contributed by atoms with Crippen molar-refractivity contribution in [3.63, 3.8) is 0 Å². The van der Waals surface area contributed by atoms with Crippen LogP contribution in [-0.4, -0.2) is 21.7 Å². The number of nitrogens with one attached hydrogen (secondary N) is 2. The van der Waals surface area contributed by atoms with Crippen molar-refractivity contribution in [1.29, 1.82) is 0 Å². The van der Waals surface area contributed by atoms with Crippen molar-refractivity contribution in [3.8, 4) is 11.5 Å². The maximum atomic E-state index is 5.63. The van der Waals surface area contributed by atoms with Crippen LogP contribution in [0.1, 0.15) is 12.5 Å². The minimum Gasteiger partial charge on any atom is -0.403 e. The number of benzene rings is 1. The molecular formula is C16H16BrN5O. The van der Waals surface area contributed by atoms with Crippen LogP contribution in [0.2, 0.25) is 0 Å². The SMILES string of the molecule is CCNc1nnc(-c2ccncc2Nc2ccc(Br)cc2C)o1. The molecule has 2 N–H and O–H groups in total. The Kier molecular flexibility index (Phi) is 4.57. The molecule has 0 aliphatic carbocycles. The number of nitrogens with zero attached hydrogens (tertiary/aromatic N) is 3. The predicted octanol–water partition coefficient (Wildman–Crippen LogP) is 4.38. The van der Waals surface area contributed by atoms with Crippen LogP contribution in [0.15, 0.2) is 45.5 Å². The van der Waals surface area contributed by atoms with Crippen LogP contribution in [0.25, 0.3) is 11.5 Å². The summed E-state index contributed by atoms with van der Waals surface area (Å²) in [7, 11) is 0. The summed E-state index contributed by atoms with van der Waals surface area (Å²) in [4.78, 5) is 4.18. The van der Waals surface area contributed by atoms with Gasteiger partial charge in [0.05, 0.1) is 17.4 Å². The van der Waals surface area contributed by atoms with Gasteiger partial charge in [0, 0.05) is 22.9 Å². The highest BCUT2D eigenvalue weighted by atomic mass is 79.9. The highest BCUT2D eigenvalue weighted by Crippen LogP contribution is 2.31. The second-order valence-corrected chi connectivity index (χ2v) is 5.86. The highest BCUT2D eigenvalue weighted by Gasteiger charge is 2.13. The van der Waals surface area contributed by atoms with Gasteiger partial charge in [0.25, 0.3) is 5.89 Å². The summed E-state index contributed by atoms with van der Waals surface area (Å²) >= 11 is 3.47. The number of aryl methyl sites for hydroxylation is 1. The van der Waals surface area contributed by atoms with Crippen LogP contribution in [-0.2, 0) is 0 Å². The van der Waals surface area contributed by atoms with Gasteiger partial charge in [0.1, 0.15) is 0 Å². The molecule has 3 aromatic rings. The minimum atomic E-state index is 0.407. The van der Waals surface area contributed by atoms with Crippen LogP contribution in [0.3, 0.4) is 0 Å². The molecule has 23 heavy (non-hydrogen) atoms. The Balaban J connectivity index is 1.93. The Bertz CT molecular complexity index is 818. The average Bonchev–Trinajstić information content (AvgIpc) is 2.99. The molecular weight excluding hydrogens is 358 g/mol. The van der Waals surface area contributed by atoms with E-state index in [0.717, 1.165) is 33.5 Å². The van der Waals surface area contributed by atoms with Gasteiger partial charge in [-0.3, -0.25) is 4.98 Å². The summed E-state index contributed by atoms with van der Waals surface area (Å²) in [6, 6.07) is 8.30. The molecule has 0 atom stereocenters. The molecule has 0 saturated heterocycles. The maximum absolute atomic E-state index is 5.63. The lowest BCUT2D eigenvalue weighted by molar-refractivity contribution is 0.582. The second kappa shape index (κ2) is 6.78. The van der Waals surface area contributed by atoms with Crippen molar-refractivity contribution >= 4 is 33.3 Å². The highest BCUT2D eigenvalue weighted by molar-refractivity contribution is 9.10. The summed E-state index contributed by atoms with van der Waals surface area (Å²) in [5.41, 5.74) is 3.73. The van der Waals surface area contributed by atoms with Gasteiger partial charge >= 0.3 is 6.01 Å². The Hall–Kier alpha value is -2.41. The number of rotatable bonds is 5. The first-order valence-electron chi connectivity index (χ1n) is 7.22. The van der Waals surface area contributed by atoms with E-state index >= 15 is 0 Å². The van der Waals surface area contributed by atoms with Crippen molar-refractivity contribution in [2.45, 2.75) is 13.8 Å². The molecule has 0 unspecified atom stereocenters. The fraction of sp³-hybridized carbons (Fsp3) is 0.188. The van der Waals surface area contributed by atoms with Crippen LogP contribution in [0.4, 0.5) is 17.4 Å². The fourth-order valence-electron chi connectivity index (χ4n) is 2.15. The first-order valence-corrected chi connectivity index (χ1v) is 8.01. The number of pyridine rings is 1. The van der Waals surface area contributed by atoms with E-state index in [1.54, 1.807) is 12.4 Å². The molecule has 0 aliphatic heterocycles. The van der Waals surface area contributed by atoms with Crippen molar-refractivity contribution < 1.29 is 4.42 Å². The Morgan fingerprint density at radius 3 is 2.83 bits per heavy atom. The van der Waals surface area contributed by atoms with Crippen LogP contribution >= 0.6 is 15.9 Å². The Morgan fingerprint density at radius 1 is 1.17 bits per heavy atom. The maximum Gasteiger partial charge on any atom is 0.315 e. The van der Waals surface area contributed by atoms with E-state index in [9.17, 15) is 0 Å². The first-order chi connectivity index (χ1) is 11.2. The molecule has 7 heteroatoms. The summed E-state index contributed by atoms with van der Waals surface area (Å²) < 4.78 is 6.67. The monoisotopic (exact) mass is 373 g/mol. The number of aromatic nitrogens is 3. The molecule has 0 saturated carbocycles. The van der Waals surface area contributed by atoms with Crippen molar-refractivity contribution in [2.24, 2.45) is 0 Å². The molecule has 118 valence electrons. The number of halogens is 1. The standard InChI is InChI=1S/C16H16BrN5O/c1-3-19-16-22-21-15(23-16)12-6-7-18-9-14(12)20-13-5-4-11(17)8-10(13)2/h4-9,20H,3H2,1-2H3,(H,19,22). The van der Waals surface area contributed by atoms with E-state index in [1.807, 2.05) is 38.1 Å². The summed E-state index contributed by atoms with van der Waals surface area (Å²) in [5.74, 6) is 0.445. The number of hydrogen-bond acceptors (Lipinski definition) is 6. The number of hydrogen-bond donors (Lipinski definition) is 2. The molecule has 3 rings (SSSR count). The van der Waals surface area contributed by atoms with Gasteiger partial charge in [0.15, 0.2) is 0 Å². The van der Waals surface area contributed by atoms with Gasteiger partial charge in [-0.2, -0.15) is 0 Å². The van der Waals surface area contributed by atoms with E-state index in [-0.39, 0.29) is 0 Å². The van der Waals surface area contributed by atoms with Gasteiger partial charge in [0.2, 0.25) is 0 Å². The molecule has 0 spiro atoms. The van der Waals surface area contributed by atoms with E-state index in [0.29, 0.717) is 11.9 Å². The predicted molar refractivity (Wildman–Crippen MR) is 93.9 cm³/mol. The Labute approximate surface area is 142 Å². The zero-order valence-corrected chi connectivity index (χ0v) is 14.4. The topological polar surface area (TPSA) is 75.9 Å². The lowest BCUT2D eigenvalue weighted by atomic mass is 10.1. The Morgan fingerprint density at radius 2 is 2.04 bits per heavy atom. The van der Waals surface area contributed by atoms with Gasteiger partial charge in [-0.25, -0.2) is 0 Å². The molecule has 0 aliphatic rings. The van der Waals surface area contributed by atoms with Crippen LogP contribution in [0.5, 0.6) is 0 Å². The molecule has 2 aromatic heterocycles. The van der Waals surface area contributed by atoms with Crippen molar-refractivity contribution in [2.75, 3.05) is 17.2 Å². The molecule has 0 radical (unpaired) electrons. The normalized spacial score (nSPS) is 10.6. The van der Waals surface area contributed by atoms with Gasteiger partial charge < -0.3 is 15.1 Å². The lowest BCUT2D eigenvalue weighted by Gasteiger charge is -2.11. The quantitative estimate of drug-likeness (QED) is 0.690. The van der Waals surface area contributed by atoms with E-state index in [1.165, 1.54) is 0 Å². The molecule has 0 bridgehead atoms. The molecule has 2 heterocycles. The average molecular weight is 374 g/mol. The van der Waals surface area contributed by atoms with E-state index in [4.69, 9.17) is 4.42 Å². The third kappa shape index (κ3) is 3.50. The molecule has 6 nitrogen and oxygen atoms in total. The fourth-order valence-corrected chi connectivity index (χ4v) is 2.62. The third-order valence-electron chi connectivity index (χ3n) is 3.26. The summed E-state index contributed by atoms with van der Waals surface area (Å²) in [5, 5.41) is 14.4. The smallest absolute Gasteiger partial charge is 0.315 e. The van der Waals surface area contributed by atoms with Gasteiger partial charge in [-0.1, -0.05) is 21.0 Å². The third-order valence-corrected chi connectivity index (χ3v) is 3.76. The molecule has 0 amide bonds.